The lowest BCUT2D eigenvalue weighted by atomic mass is 9.93. The fourth-order valence-corrected chi connectivity index (χ4v) is 2.03. The van der Waals surface area contributed by atoms with Crippen molar-refractivity contribution in [2.24, 2.45) is 0 Å². The predicted molar refractivity (Wildman–Crippen MR) is 57.9 cm³/mol. The molecule has 1 aliphatic carbocycles. The molecule has 0 radical (unpaired) electrons. The summed E-state index contributed by atoms with van der Waals surface area (Å²) in [6, 6.07) is 0.385. The molecule has 6 heteroatoms. The Kier molecular flexibility index (Phi) is 6.22. The second-order valence-corrected chi connectivity index (χ2v) is 4.33. The summed E-state index contributed by atoms with van der Waals surface area (Å²) in [5.41, 5.74) is 0. The molecule has 0 spiro atoms. The van der Waals surface area contributed by atoms with Gasteiger partial charge in [0, 0.05) is 19.7 Å². The monoisotopic (exact) mass is 255 g/mol. The van der Waals surface area contributed by atoms with E-state index in [1.54, 1.807) is 7.11 Å². The third kappa shape index (κ3) is 6.85. The number of alkyl halides is 3. The van der Waals surface area contributed by atoms with Gasteiger partial charge in [-0.3, -0.25) is 0 Å². The number of nitrogens with one attached hydrogen (secondary N) is 1. The van der Waals surface area contributed by atoms with Crippen LogP contribution in [0.2, 0.25) is 0 Å². The van der Waals surface area contributed by atoms with E-state index in [1.807, 2.05) is 0 Å². The average Bonchev–Trinajstić information content (AvgIpc) is 2.28. The molecule has 1 rings (SSSR count). The van der Waals surface area contributed by atoms with E-state index >= 15 is 0 Å². The number of ether oxygens (including phenoxy) is 2. The molecule has 0 saturated heterocycles. The zero-order valence-electron chi connectivity index (χ0n) is 10.1. The van der Waals surface area contributed by atoms with Crippen molar-refractivity contribution in [3.8, 4) is 0 Å². The van der Waals surface area contributed by atoms with Crippen molar-refractivity contribution in [1.82, 2.24) is 5.32 Å². The summed E-state index contributed by atoms with van der Waals surface area (Å²) >= 11 is 0. The summed E-state index contributed by atoms with van der Waals surface area (Å²) in [6.45, 7) is -0.590. The molecular formula is C11H20F3NO2. The molecule has 1 N–H and O–H groups in total. The number of halogens is 3. The maximum absolute atomic E-state index is 11.8. The van der Waals surface area contributed by atoms with E-state index in [4.69, 9.17) is 4.74 Å². The Balaban J connectivity index is 1.97. The van der Waals surface area contributed by atoms with E-state index in [-0.39, 0.29) is 6.61 Å². The summed E-state index contributed by atoms with van der Waals surface area (Å²) in [5, 5.41) is 3.20. The smallest absolute Gasteiger partial charge is 0.381 e. The Hall–Kier alpha value is -0.330. The fourth-order valence-electron chi connectivity index (χ4n) is 2.03. The lowest BCUT2D eigenvalue weighted by Gasteiger charge is -2.28. The van der Waals surface area contributed by atoms with Crippen LogP contribution in [0, 0.1) is 0 Å². The van der Waals surface area contributed by atoms with Crippen LogP contribution in [-0.4, -0.2) is 45.2 Å². The number of hydrogen-bond donors (Lipinski definition) is 1. The van der Waals surface area contributed by atoms with E-state index in [0.717, 1.165) is 25.7 Å². The first kappa shape index (κ1) is 14.7. The molecule has 0 amide bonds. The van der Waals surface area contributed by atoms with Crippen molar-refractivity contribution >= 4 is 0 Å². The summed E-state index contributed by atoms with van der Waals surface area (Å²) < 4.78 is 45.0. The van der Waals surface area contributed by atoms with Crippen LogP contribution in [0.15, 0.2) is 0 Å². The highest BCUT2D eigenvalue weighted by molar-refractivity contribution is 4.77. The van der Waals surface area contributed by atoms with Gasteiger partial charge in [-0.05, 0) is 25.7 Å². The molecule has 0 atom stereocenters. The molecule has 1 saturated carbocycles. The van der Waals surface area contributed by atoms with E-state index in [9.17, 15) is 13.2 Å². The van der Waals surface area contributed by atoms with Crippen LogP contribution in [0.1, 0.15) is 25.7 Å². The Labute approximate surface area is 99.7 Å². The van der Waals surface area contributed by atoms with Gasteiger partial charge in [-0.15, -0.1) is 0 Å². The molecule has 0 aromatic heterocycles. The van der Waals surface area contributed by atoms with Gasteiger partial charge in [0.1, 0.15) is 6.61 Å². The molecule has 0 aromatic rings. The van der Waals surface area contributed by atoms with Crippen LogP contribution in [-0.2, 0) is 9.47 Å². The van der Waals surface area contributed by atoms with Crippen LogP contribution in [0.5, 0.6) is 0 Å². The minimum Gasteiger partial charge on any atom is -0.381 e. The zero-order valence-corrected chi connectivity index (χ0v) is 10.1. The molecule has 1 fully saturated rings. The molecular weight excluding hydrogens is 235 g/mol. The first-order chi connectivity index (χ1) is 8.01. The Morgan fingerprint density at radius 2 is 1.82 bits per heavy atom. The van der Waals surface area contributed by atoms with Gasteiger partial charge in [-0.1, -0.05) is 0 Å². The van der Waals surface area contributed by atoms with E-state index in [2.05, 4.69) is 10.1 Å². The van der Waals surface area contributed by atoms with Crippen molar-refractivity contribution < 1.29 is 22.6 Å². The van der Waals surface area contributed by atoms with Crippen molar-refractivity contribution in [1.29, 1.82) is 0 Å². The molecule has 0 heterocycles. The lowest BCUT2D eigenvalue weighted by Crippen LogP contribution is -2.37. The van der Waals surface area contributed by atoms with E-state index in [0.29, 0.717) is 18.7 Å². The van der Waals surface area contributed by atoms with Crippen molar-refractivity contribution in [3.05, 3.63) is 0 Å². The van der Waals surface area contributed by atoms with Gasteiger partial charge in [0.2, 0.25) is 0 Å². The molecule has 0 unspecified atom stereocenters. The molecule has 0 aliphatic heterocycles. The van der Waals surface area contributed by atoms with Crippen LogP contribution in [0.25, 0.3) is 0 Å². The maximum atomic E-state index is 11.8. The lowest BCUT2D eigenvalue weighted by molar-refractivity contribution is -0.173. The number of hydrogen-bond acceptors (Lipinski definition) is 3. The van der Waals surface area contributed by atoms with Crippen molar-refractivity contribution in [2.75, 3.05) is 26.9 Å². The highest BCUT2D eigenvalue weighted by atomic mass is 19.4. The first-order valence-corrected chi connectivity index (χ1v) is 5.92. The Bertz CT molecular complexity index is 203. The molecule has 102 valence electrons. The number of rotatable bonds is 6. The Morgan fingerprint density at radius 1 is 1.18 bits per heavy atom. The normalized spacial score (nSPS) is 26.1. The van der Waals surface area contributed by atoms with Crippen LogP contribution in [0.4, 0.5) is 13.2 Å². The summed E-state index contributed by atoms with van der Waals surface area (Å²) in [6.07, 6.45) is 0.163. The minimum atomic E-state index is -4.23. The third-order valence-corrected chi connectivity index (χ3v) is 2.95. The van der Waals surface area contributed by atoms with Crippen LogP contribution in [0.3, 0.4) is 0 Å². The van der Waals surface area contributed by atoms with Gasteiger partial charge in [-0.2, -0.15) is 13.2 Å². The number of methoxy groups -OCH3 is 1. The third-order valence-electron chi connectivity index (χ3n) is 2.95. The largest absolute Gasteiger partial charge is 0.411 e. The van der Waals surface area contributed by atoms with Gasteiger partial charge < -0.3 is 14.8 Å². The molecule has 17 heavy (non-hydrogen) atoms. The fraction of sp³-hybridized carbons (Fsp3) is 1.00. The summed E-state index contributed by atoms with van der Waals surface area (Å²) in [4.78, 5) is 0. The highest BCUT2D eigenvalue weighted by Gasteiger charge is 2.27. The summed E-state index contributed by atoms with van der Waals surface area (Å²) in [7, 11) is 1.71. The molecule has 0 bridgehead atoms. The molecule has 1 aliphatic rings. The second-order valence-electron chi connectivity index (χ2n) is 4.33. The topological polar surface area (TPSA) is 30.5 Å². The van der Waals surface area contributed by atoms with Crippen molar-refractivity contribution in [2.45, 2.75) is 44.0 Å². The van der Waals surface area contributed by atoms with Gasteiger partial charge >= 0.3 is 6.18 Å². The average molecular weight is 255 g/mol. The van der Waals surface area contributed by atoms with Gasteiger partial charge in [0.05, 0.1) is 12.7 Å². The van der Waals surface area contributed by atoms with E-state index < -0.39 is 12.8 Å². The van der Waals surface area contributed by atoms with Crippen LogP contribution < -0.4 is 5.32 Å². The Morgan fingerprint density at radius 3 is 2.35 bits per heavy atom. The SMILES string of the molecule is COC1CCC(NCCOCC(F)(F)F)CC1. The van der Waals surface area contributed by atoms with Gasteiger partial charge in [0.15, 0.2) is 0 Å². The highest BCUT2D eigenvalue weighted by Crippen LogP contribution is 2.20. The van der Waals surface area contributed by atoms with Gasteiger partial charge in [-0.25, -0.2) is 0 Å². The maximum Gasteiger partial charge on any atom is 0.411 e. The minimum absolute atomic E-state index is 0.101. The van der Waals surface area contributed by atoms with E-state index in [1.165, 1.54) is 0 Å². The quantitative estimate of drug-likeness (QED) is 0.737. The predicted octanol–water partition coefficient (Wildman–Crippen LogP) is 2.11. The molecule has 3 nitrogen and oxygen atoms in total. The first-order valence-electron chi connectivity index (χ1n) is 5.92. The molecule has 0 aromatic carbocycles. The van der Waals surface area contributed by atoms with Crippen LogP contribution >= 0.6 is 0 Å². The standard InChI is InChI=1S/C11H20F3NO2/c1-16-10-4-2-9(3-5-10)15-6-7-17-8-11(12,13)14/h9-10,15H,2-8H2,1H3. The zero-order chi connectivity index (χ0) is 12.7. The van der Waals surface area contributed by atoms with Gasteiger partial charge in [0.25, 0.3) is 0 Å². The summed E-state index contributed by atoms with van der Waals surface area (Å²) in [5.74, 6) is 0. The second kappa shape index (κ2) is 7.18. The van der Waals surface area contributed by atoms with Crippen molar-refractivity contribution in [3.63, 3.8) is 0 Å².